The highest BCUT2D eigenvalue weighted by molar-refractivity contribution is 6.00. The molecule has 9 nitrogen and oxygen atoms in total. The molecular formula is C32H36F3N5O4. The van der Waals surface area contributed by atoms with Gasteiger partial charge in [-0.2, -0.15) is 13.2 Å². The lowest BCUT2D eigenvalue weighted by atomic mass is 9.98. The van der Waals surface area contributed by atoms with Crippen LogP contribution in [0.2, 0.25) is 0 Å². The fourth-order valence-electron chi connectivity index (χ4n) is 4.69. The van der Waals surface area contributed by atoms with Crippen LogP contribution >= 0.6 is 0 Å². The summed E-state index contributed by atoms with van der Waals surface area (Å²) < 4.78 is 51.0. The Hall–Kier alpha value is -4.55. The second-order valence-electron chi connectivity index (χ2n) is 10.4. The van der Waals surface area contributed by atoms with Crippen LogP contribution in [0.5, 0.6) is 5.75 Å². The van der Waals surface area contributed by atoms with Gasteiger partial charge in [0, 0.05) is 30.2 Å². The van der Waals surface area contributed by atoms with Crippen molar-refractivity contribution in [1.29, 1.82) is 0 Å². The Morgan fingerprint density at radius 2 is 1.75 bits per heavy atom. The van der Waals surface area contributed by atoms with E-state index >= 15 is 0 Å². The summed E-state index contributed by atoms with van der Waals surface area (Å²) in [6.45, 7) is 1.48. The first-order chi connectivity index (χ1) is 21.0. The van der Waals surface area contributed by atoms with Gasteiger partial charge < -0.3 is 36.1 Å². The number of hydrogen-bond acceptors (Lipinski definition) is 8. The van der Waals surface area contributed by atoms with Gasteiger partial charge in [-0.3, -0.25) is 9.59 Å². The van der Waals surface area contributed by atoms with Crippen LogP contribution in [0.25, 0.3) is 0 Å². The molecule has 0 saturated carbocycles. The number of para-hydroxylation sites is 1. The molecule has 5 N–H and O–H groups in total. The summed E-state index contributed by atoms with van der Waals surface area (Å²) >= 11 is 0. The van der Waals surface area contributed by atoms with Crippen LogP contribution in [0, 0.1) is 0 Å². The first kappa shape index (κ1) is 32.4. The maximum absolute atomic E-state index is 13.5. The summed E-state index contributed by atoms with van der Waals surface area (Å²) in [5.41, 5.74) is 13.1. The number of esters is 1. The minimum Gasteiger partial charge on any atom is -0.494 e. The number of likely N-dealkylation sites (N-methyl/N-ethyl adjacent to an activating group) is 1. The number of nitrogen functional groups attached to an aromatic ring is 1. The number of hydrogen-bond donors (Lipinski definition) is 3. The lowest BCUT2D eigenvalue weighted by Gasteiger charge is -2.19. The van der Waals surface area contributed by atoms with Gasteiger partial charge in [0.25, 0.3) is 5.91 Å². The molecule has 1 heterocycles. The molecule has 0 aliphatic carbocycles. The maximum atomic E-state index is 13.5. The second kappa shape index (κ2) is 14.8. The van der Waals surface area contributed by atoms with Gasteiger partial charge >= 0.3 is 12.1 Å². The Balaban J connectivity index is 1.34. The molecule has 0 fully saturated rings. The van der Waals surface area contributed by atoms with Crippen LogP contribution in [0.15, 0.2) is 90.1 Å². The van der Waals surface area contributed by atoms with Crippen molar-refractivity contribution in [3.63, 3.8) is 0 Å². The van der Waals surface area contributed by atoms with E-state index in [9.17, 15) is 22.8 Å². The molecule has 0 bridgehead atoms. The Labute approximate surface area is 254 Å². The largest absolute Gasteiger partial charge is 0.494 e. The molecule has 0 spiro atoms. The average molecular weight is 612 g/mol. The third-order valence-electron chi connectivity index (χ3n) is 7.04. The van der Waals surface area contributed by atoms with Crippen molar-refractivity contribution in [3.8, 4) is 5.75 Å². The van der Waals surface area contributed by atoms with E-state index in [4.69, 9.17) is 20.9 Å². The smallest absolute Gasteiger partial charge is 0.416 e. The minimum atomic E-state index is -4.54. The molecule has 234 valence electrons. The quantitative estimate of drug-likeness (QED) is 0.139. The number of rotatable bonds is 14. The van der Waals surface area contributed by atoms with Gasteiger partial charge in [-0.25, -0.2) is 0 Å². The van der Waals surface area contributed by atoms with Crippen LogP contribution in [0.1, 0.15) is 23.6 Å². The predicted octanol–water partition coefficient (Wildman–Crippen LogP) is 4.44. The zero-order chi connectivity index (χ0) is 31.7. The van der Waals surface area contributed by atoms with E-state index in [-0.39, 0.29) is 31.0 Å². The molecule has 0 aromatic heterocycles. The Bertz CT molecular complexity index is 1450. The standard InChI is InChI=1S/C32H36F3N5O4/c1-39(15-6-17-43-26-9-3-2-4-10-26)16-18-44-28(41)21-40-20-27(38-25-8-5-7-23(19-25)32(33,34)35)29(31(40)42)30(37)22-11-13-24(36)14-12-22/h2-5,7-14,19,30,38H,6,15-18,20-21,36-37H2,1H3/t30-/m1/s1. The molecule has 0 saturated heterocycles. The lowest BCUT2D eigenvalue weighted by molar-refractivity contribution is -0.148. The predicted molar refractivity (Wildman–Crippen MR) is 161 cm³/mol. The number of nitrogens with two attached hydrogens (primary N) is 2. The molecule has 0 radical (unpaired) electrons. The average Bonchev–Trinajstić information content (AvgIpc) is 3.29. The van der Waals surface area contributed by atoms with Gasteiger partial charge in [-0.1, -0.05) is 36.4 Å². The fraction of sp³-hybridized carbons (Fsp3) is 0.312. The van der Waals surface area contributed by atoms with Gasteiger partial charge in [-0.05, 0) is 61.5 Å². The number of benzene rings is 3. The van der Waals surface area contributed by atoms with Crippen LogP contribution in [-0.4, -0.2) is 68.1 Å². The molecule has 4 rings (SSSR count). The van der Waals surface area contributed by atoms with Crippen molar-refractivity contribution in [2.45, 2.75) is 18.6 Å². The number of nitrogens with one attached hydrogen (secondary N) is 1. The molecule has 1 amide bonds. The lowest BCUT2D eigenvalue weighted by Crippen LogP contribution is -2.36. The van der Waals surface area contributed by atoms with Crippen molar-refractivity contribution >= 4 is 23.3 Å². The molecule has 44 heavy (non-hydrogen) atoms. The number of nitrogens with zero attached hydrogens (tertiary/aromatic N) is 2. The van der Waals surface area contributed by atoms with Crippen molar-refractivity contribution in [1.82, 2.24) is 9.80 Å². The molecule has 3 aromatic carbocycles. The highest BCUT2D eigenvalue weighted by Gasteiger charge is 2.36. The second-order valence-corrected chi connectivity index (χ2v) is 10.4. The third-order valence-corrected chi connectivity index (χ3v) is 7.04. The topological polar surface area (TPSA) is 123 Å². The Morgan fingerprint density at radius 3 is 2.45 bits per heavy atom. The Morgan fingerprint density at radius 1 is 1.02 bits per heavy atom. The van der Waals surface area contributed by atoms with Crippen molar-refractivity contribution in [2.24, 2.45) is 5.73 Å². The summed E-state index contributed by atoms with van der Waals surface area (Å²) in [6, 6.07) is 19.8. The van der Waals surface area contributed by atoms with Crippen molar-refractivity contribution in [3.05, 3.63) is 101 Å². The van der Waals surface area contributed by atoms with E-state index in [1.54, 1.807) is 24.3 Å². The molecule has 1 aliphatic heterocycles. The number of alkyl halides is 3. The highest BCUT2D eigenvalue weighted by Crippen LogP contribution is 2.33. The van der Waals surface area contributed by atoms with E-state index in [1.165, 1.54) is 17.0 Å². The monoisotopic (exact) mass is 611 g/mol. The zero-order valence-electron chi connectivity index (χ0n) is 24.3. The normalized spacial score (nSPS) is 14.2. The molecular weight excluding hydrogens is 575 g/mol. The number of carbonyl (C=O) groups excluding carboxylic acids is 2. The number of carbonyl (C=O) groups is 2. The van der Waals surface area contributed by atoms with E-state index in [1.807, 2.05) is 42.3 Å². The molecule has 1 aliphatic rings. The fourth-order valence-corrected chi connectivity index (χ4v) is 4.69. The van der Waals surface area contributed by atoms with Gasteiger partial charge in [-0.15, -0.1) is 0 Å². The van der Waals surface area contributed by atoms with E-state index < -0.39 is 29.7 Å². The van der Waals surface area contributed by atoms with E-state index in [0.29, 0.717) is 30.1 Å². The first-order valence-electron chi connectivity index (χ1n) is 14.1. The zero-order valence-corrected chi connectivity index (χ0v) is 24.3. The number of anilines is 2. The summed E-state index contributed by atoms with van der Waals surface area (Å²) in [6.07, 6.45) is -3.76. The summed E-state index contributed by atoms with van der Waals surface area (Å²) in [7, 11) is 1.90. The Kier molecular flexibility index (Phi) is 10.9. The minimum absolute atomic E-state index is 0.0660. The van der Waals surface area contributed by atoms with Gasteiger partial charge in [0.15, 0.2) is 0 Å². The van der Waals surface area contributed by atoms with Crippen molar-refractivity contribution in [2.75, 3.05) is 57.5 Å². The number of amides is 1. The van der Waals surface area contributed by atoms with Crippen LogP contribution in [-0.2, 0) is 20.5 Å². The third kappa shape index (κ3) is 8.98. The van der Waals surface area contributed by atoms with Gasteiger partial charge in [0.1, 0.15) is 18.9 Å². The molecule has 0 unspecified atom stereocenters. The van der Waals surface area contributed by atoms with Crippen LogP contribution < -0.4 is 21.5 Å². The first-order valence-corrected chi connectivity index (χ1v) is 14.1. The van der Waals surface area contributed by atoms with E-state index in [2.05, 4.69) is 5.32 Å². The van der Waals surface area contributed by atoms with Crippen LogP contribution in [0.4, 0.5) is 24.5 Å². The highest BCUT2D eigenvalue weighted by atomic mass is 19.4. The van der Waals surface area contributed by atoms with Gasteiger partial charge in [0.2, 0.25) is 0 Å². The van der Waals surface area contributed by atoms with Gasteiger partial charge in [0.05, 0.1) is 30.3 Å². The van der Waals surface area contributed by atoms with Crippen molar-refractivity contribution < 1.29 is 32.2 Å². The molecule has 12 heteroatoms. The summed E-state index contributed by atoms with van der Waals surface area (Å²) in [5, 5.41) is 2.94. The number of halogens is 3. The SMILES string of the molecule is CN(CCCOc1ccccc1)CCOC(=O)CN1CC(Nc2cccc(C(F)(F)F)c2)=C([C@H](N)c2ccc(N)cc2)C1=O. The van der Waals surface area contributed by atoms with Crippen LogP contribution in [0.3, 0.4) is 0 Å². The maximum Gasteiger partial charge on any atom is 0.416 e. The summed E-state index contributed by atoms with van der Waals surface area (Å²) in [4.78, 5) is 29.4. The molecule has 1 atom stereocenters. The number of ether oxygens (including phenoxy) is 2. The van der Waals surface area contributed by atoms with E-state index in [0.717, 1.165) is 30.8 Å². The molecule has 3 aromatic rings. The summed E-state index contributed by atoms with van der Waals surface area (Å²) in [5.74, 6) is -0.322.